The van der Waals surface area contributed by atoms with Gasteiger partial charge in [-0.2, -0.15) is 9.36 Å². The molecule has 0 bridgehead atoms. The van der Waals surface area contributed by atoms with Crippen molar-refractivity contribution in [3.8, 4) is 0 Å². The average Bonchev–Trinajstić information content (AvgIpc) is 4.00. The lowest BCUT2D eigenvalue weighted by molar-refractivity contribution is 0.000536. The summed E-state index contributed by atoms with van der Waals surface area (Å²) >= 11 is 0. The van der Waals surface area contributed by atoms with Crippen molar-refractivity contribution in [2.75, 3.05) is 19.8 Å². The van der Waals surface area contributed by atoms with Gasteiger partial charge >= 0.3 is 11.4 Å². The van der Waals surface area contributed by atoms with Crippen LogP contribution in [0, 0.1) is 0 Å². The van der Waals surface area contributed by atoms with Crippen molar-refractivity contribution >= 4 is 0 Å². The van der Waals surface area contributed by atoms with Crippen molar-refractivity contribution in [2.24, 2.45) is 0 Å². The molecule has 2 fully saturated rings. The van der Waals surface area contributed by atoms with Gasteiger partial charge < -0.3 is 14.8 Å². The number of halogens is 4. The van der Waals surface area contributed by atoms with Gasteiger partial charge in [0.1, 0.15) is 26.7 Å². The van der Waals surface area contributed by atoms with Crippen LogP contribution in [0.5, 0.6) is 0 Å². The topological polar surface area (TPSA) is 158 Å². The lowest BCUT2D eigenvalue weighted by Crippen LogP contribution is -2.53. The number of nitrogens with one attached hydrogen (secondary N) is 3. The Morgan fingerprint density at radius 3 is 1.47 bits per heavy atom. The van der Waals surface area contributed by atoms with Crippen LogP contribution in [0.2, 0.25) is 0 Å². The van der Waals surface area contributed by atoms with Gasteiger partial charge in [-0.3, -0.25) is 0 Å². The van der Waals surface area contributed by atoms with Crippen LogP contribution in [0.25, 0.3) is 0 Å². The van der Waals surface area contributed by atoms with Crippen molar-refractivity contribution in [3.05, 3.63) is 163 Å². The first-order valence-corrected chi connectivity index (χ1v) is 21.7. The van der Waals surface area contributed by atoms with Crippen molar-refractivity contribution in [2.45, 2.75) is 114 Å². The zero-order valence-electron chi connectivity index (χ0n) is 36.1. The third kappa shape index (κ3) is 10.8. The number of alkyl halides is 4. The second-order valence-corrected chi connectivity index (χ2v) is 16.9. The summed E-state index contributed by atoms with van der Waals surface area (Å²) in [5.41, 5.74) is 4.33. The molecular formula is C47H55F4N9O4. The van der Waals surface area contributed by atoms with E-state index < -0.39 is 32.2 Å². The van der Waals surface area contributed by atoms with Crippen LogP contribution in [0.1, 0.15) is 121 Å². The SMILES string of the molecule is C[C@@H](OCC1(c2ccccc2)CCC(n2nn[nH]c2=O)CC1)c1cc(CF)cc(CF)c1.C[C@@H](OC[C@@]1(c2ccccc2)CCC(n2nn[nH]c2=O)CN1)c1cc(CF)cc(CF)c1. The molecule has 3 N–H and O–H groups in total. The zero-order valence-corrected chi connectivity index (χ0v) is 36.1. The number of rotatable bonds is 16. The second-order valence-electron chi connectivity index (χ2n) is 16.9. The van der Waals surface area contributed by atoms with Gasteiger partial charge in [-0.05, 0) is 118 Å². The molecule has 4 atom stereocenters. The Morgan fingerprint density at radius 1 is 0.609 bits per heavy atom. The Bertz CT molecular complexity index is 2280. The number of benzene rings is 4. The first-order valence-electron chi connectivity index (χ1n) is 21.7. The third-order valence-corrected chi connectivity index (χ3v) is 12.8. The first-order chi connectivity index (χ1) is 31.1. The second kappa shape index (κ2) is 21.3. The van der Waals surface area contributed by atoms with Gasteiger partial charge in [0.25, 0.3) is 0 Å². The molecule has 0 spiro atoms. The minimum absolute atomic E-state index is 0.00357. The molecule has 1 aliphatic carbocycles. The Balaban J connectivity index is 0.000000191. The van der Waals surface area contributed by atoms with E-state index in [1.807, 2.05) is 50.2 Å². The largest absolute Gasteiger partial charge is 0.373 e. The molecule has 6 aromatic rings. The van der Waals surface area contributed by atoms with Gasteiger partial charge in [0.2, 0.25) is 0 Å². The first kappa shape index (κ1) is 46.2. The van der Waals surface area contributed by atoms with Gasteiger partial charge in [-0.1, -0.05) is 97.1 Å². The maximum absolute atomic E-state index is 13.2. The number of nitrogens with zero attached hydrogens (tertiary/aromatic N) is 6. The van der Waals surface area contributed by atoms with Crippen molar-refractivity contribution in [1.82, 2.24) is 45.7 Å². The Morgan fingerprint density at radius 2 is 1.05 bits per heavy atom. The number of aromatic nitrogens is 8. The summed E-state index contributed by atoms with van der Waals surface area (Å²) in [6.07, 6.45) is 4.00. The predicted octanol–water partition coefficient (Wildman–Crippen LogP) is 8.24. The molecule has 340 valence electrons. The molecule has 1 unspecified atom stereocenters. The van der Waals surface area contributed by atoms with E-state index in [-0.39, 0.29) is 41.1 Å². The lowest BCUT2D eigenvalue weighted by Gasteiger charge is -2.42. The summed E-state index contributed by atoms with van der Waals surface area (Å²) in [6.45, 7) is 2.61. The van der Waals surface area contributed by atoms with Crippen LogP contribution in [-0.4, -0.2) is 60.2 Å². The fourth-order valence-electron chi connectivity index (χ4n) is 9.04. The Kier molecular flexibility index (Phi) is 15.4. The minimum Gasteiger partial charge on any atom is -0.373 e. The monoisotopic (exact) mass is 885 g/mol. The third-order valence-electron chi connectivity index (χ3n) is 12.8. The fourth-order valence-corrected chi connectivity index (χ4v) is 9.04. The summed E-state index contributed by atoms with van der Waals surface area (Å²) in [5.74, 6) is 0. The summed E-state index contributed by atoms with van der Waals surface area (Å²) in [7, 11) is 0. The number of aromatic amines is 2. The molecule has 0 amide bonds. The van der Waals surface area contributed by atoms with Gasteiger partial charge in [-0.25, -0.2) is 37.3 Å². The highest BCUT2D eigenvalue weighted by Crippen LogP contribution is 2.44. The van der Waals surface area contributed by atoms with E-state index in [0.29, 0.717) is 48.4 Å². The number of ether oxygens (including phenoxy) is 2. The Labute approximate surface area is 368 Å². The van der Waals surface area contributed by atoms with Crippen molar-refractivity contribution < 1.29 is 27.0 Å². The highest BCUT2D eigenvalue weighted by atomic mass is 19.1. The van der Waals surface area contributed by atoms with Crippen LogP contribution in [-0.2, 0) is 47.1 Å². The van der Waals surface area contributed by atoms with Crippen LogP contribution in [0.15, 0.2) is 107 Å². The Hall–Kier alpha value is -5.78. The van der Waals surface area contributed by atoms with E-state index in [1.165, 1.54) is 21.0 Å². The number of tetrazole rings is 2. The van der Waals surface area contributed by atoms with Gasteiger partial charge in [0.15, 0.2) is 0 Å². The van der Waals surface area contributed by atoms with Gasteiger partial charge in [0, 0.05) is 12.0 Å². The van der Waals surface area contributed by atoms with Crippen LogP contribution < -0.4 is 16.7 Å². The smallest absolute Gasteiger partial charge is 0.361 e. The number of H-pyrrole nitrogens is 2. The lowest BCUT2D eigenvalue weighted by atomic mass is 9.68. The molecular weight excluding hydrogens is 831 g/mol. The summed E-state index contributed by atoms with van der Waals surface area (Å²) < 4.78 is 68.3. The summed E-state index contributed by atoms with van der Waals surface area (Å²) in [6, 6.07) is 30.2. The normalized spacial score (nSPS) is 22.0. The van der Waals surface area contributed by atoms with E-state index >= 15 is 0 Å². The van der Waals surface area contributed by atoms with E-state index in [2.05, 4.69) is 60.6 Å². The number of hydrogen-bond donors (Lipinski definition) is 3. The van der Waals surface area contributed by atoms with E-state index in [1.54, 1.807) is 30.3 Å². The molecule has 13 nitrogen and oxygen atoms in total. The molecule has 3 heterocycles. The molecule has 1 aliphatic heterocycles. The van der Waals surface area contributed by atoms with Crippen molar-refractivity contribution in [1.29, 1.82) is 0 Å². The standard InChI is InChI=1S/C24H28F2N4O2.C23H27F2N5O2/c1-17(20-12-18(14-25)11-19(13-20)15-26)32-16-24(21-5-3-2-4-6-21)9-7-22(8-10-24)30-23(31)27-28-29-30;1-16(19-10-17(12-24)9-18(11-19)13-25)32-15-23(20-5-3-2-4-6-20)8-7-21(14-26-23)30-22(31)27-28-29-30/h2-6,11-13,17,22H,7-10,14-16H2,1H3,(H,27,29,31);2-6,9-11,16,21,26H,7-8,12-15H2,1H3,(H,27,29,31)/t17-,22?,24?;16-,21?,23-/m11/s1. The predicted molar refractivity (Wildman–Crippen MR) is 232 cm³/mol. The highest BCUT2D eigenvalue weighted by molar-refractivity contribution is 5.33. The summed E-state index contributed by atoms with van der Waals surface area (Å²) in [5, 5.41) is 23.3. The van der Waals surface area contributed by atoms with Crippen LogP contribution in [0.4, 0.5) is 17.6 Å². The fraction of sp³-hybridized carbons (Fsp3) is 0.447. The minimum atomic E-state index is -0.647. The maximum atomic E-state index is 13.2. The molecule has 17 heteroatoms. The van der Waals surface area contributed by atoms with E-state index in [0.717, 1.165) is 48.8 Å². The quantitative estimate of drug-likeness (QED) is 0.0815. The zero-order chi connectivity index (χ0) is 45.1. The molecule has 0 radical (unpaired) electrons. The van der Waals surface area contributed by atoms with Crippen LogP contribution >= 0.6 is 0 Å². The van der Waals surface area contributed by atoms with Gasteiger partial charge in [0.05, 0.1) is 43.0 Å². The van der Waals surface area contributed by atoms with Gasteiger partial charge in [-0.15, -0.1) is 0 Å². The maximum Gasteiger partial charge on any atom is 0.361 e. The molecule has 1 saturated carbocycles. The molecule has 64 heavy (non-hydrogen) atoms. The summed E-state index contributed by atoms with van der Waals surface area (Å²) in [4.78, 5) is 23.8. The van der Waals surface area contributed by atoms with Crippen molar-refractivity contribution in [3.63, 3.8) is 0 Å². The highest BCUT2D eigenvalue weighted by Gasteiger charge is 2.40. The van der Waals surface area contributed by atoms with E-state index in [9.17, 15) is 27.2 Å². The molecule has 8 rings (SSSR count). The number of piperidine rings is 1. The average molecular weight is 886 g/mol. The molecule has 2 aliphatic rings. The molecule has 1 saturated heterocycles. The van der Waals surface area contributed by atoms with E-state index in [4.69, 9.17) is 9.47 Å². The molecule has 2 aromatic heterocycles. The molecule has 4 aromatic carbocycles. The number of hydrogen-bond acceptors (Lipinski definition) is 9. The van der Waals surface area contributed by atoms with Crippen LogP contribution in [0.3, 0.4) is 0 Å².